The van der Waals surface area contributed by atoms with Gasteiger partial charge < -0.3 is 0 Å². The highest BCUT2D eigenvalue weighted by Crippen LogP contribution is 2.62. The Morgan fingerprint density at radius 1 is 0.789 bits per heavy atom. The molecule has 0 spiro atoms. The van der Waals surface area contributed by atoms with Crippen LogP contribution in [0.4, 0.5) is 4.39 Å². The van der Waals surface area contributed by atoms with Crippen LogP contribution < -0.4 is 4.57 Å². The van der Waals surface area contributed by atoms with E-state index in [4.69, 9.17) is 0 Å². The van der Waals surface area contributed by atoms with Gasteiger partial charge in [-0.1, -0.05) is 86.6 Å². The fourth-order valence-corrected chi connectivity index (χ4v) is 8.28. The van der Waals surface area contributed by atoms with E-state index in [2.05, 4.69) is 108 Å². The lowest BCUT2D eigenvalue weighted by molar-refractivity contribution is -0.748. The fourth-order valence-electron chi connectivity index (χ4n) is 8.28. The molecule has 1 aliphatic heterocycles. The average Bonchev–Trinajstić information content (AvgIpc) is 3.28. The van der Waals surface area contributed by atoms with Crippen LogP contribution in [0.5, 0.6) is 0 Å². The largest absolute Gasteiger partial charge is 0.296 e. The molecule has 8 rings (SSSR count). The summed E-state index contributed by atoms with van der Waals surface area (Å²) in [4.78, 5) is 0. The van der Waals surface area contributed by atoms with Gasteiger partial charge in [0.05, 0.1) is 5.39 Å². The van der Waals surface area contributed by atoms with E-state index in [1.807, 2.05) is 6.07 Å². The first-order valence-corrected chi connectivity index (χ1v) is 13.9. The standard InChI is InChI=1S/C35H30FN2/c1-3-34-19-20-35(34,4-2)38-29-18-12-11-17-28(29)37-32(24-15-9-6-10-16-24)30(23-13-7-5-8-14-23)26-21-25(36)22-27(34)31(26)33(37)38/h5-18,21-22H,3-4,19-20H2,1-2H3/q+1. The maximum Gasteiger partial charge on any atom is 0.296 e. The second-order valence-electron chi connectivity index (χ2n) is 11.1. The summed E-state index contributed by atoms with van der Waals surface area (Å²) in [5.41, 5.74) is 9.22. The van der Waals surface area contributed by atoms with E-state index in [0.29, 0.717) is 0 Å². The second kappa shape index (κ2) is 7.54. The lowest BCUT2D eigenvalue weighted by atomic mass is 9.47. The summed E-state index contributed by atoms with van der Waals surface area (Å²) in [7, 11) is 0. The molecule has 186 valence electrons. The Labute approximate surface area is 222 Å². The highest BCUT2D eigenvalue weighted by Gasteiger charge is 2.66. The second-order valence-corrected chi connectivity index (χ2v) is 11.1. The average molecular weight is 498 g/mol. The summed E-state index contributed by atoms with van der Waals surface area (Å²) < 4.78 is 20.9. The first-order valence-electron chi connectivity index (χ1n) is 13.9. The number of halogens is 1. The quantitative estimate of drug-likeness (QED) is 0.216. The van der Waals surface area contributed by atoms with Crippen molar-refractivity contribution in [1.82, 2.24) is 4.40 Å². The molecule has 3 heterocycles. The normalized spacial score (nSPS) is 21.8. The topological polar surface area (TPSA) is 8.29 Å². The van der Waals surface area contributed by atoms with Crippen LogP contribution in [0.25, 0.3) is 49.8 Å². The third-order valence-corrected chi connectivity index (χ3v) is 9.94. The number of nitrogens with zero attached hydrogens (tertiary/aromatic N) is 2. The lowest BCUT2D eigenvalue weighted by Gasteiger charge is -2.59. The monoisotopic (exact) mass is 497 g/mol. The molecule has 0 N–H and O–H groups in total. The van der Waals surface area contributed by atoms with Crippen molar-refractivity contribution in [2.24, 2.45) is 0 Å². The van der Waals surface area contributed by atoms with E-state index >= 15 is 4.39 Å². The van der Waals surface area contributed by atoms with Gasteiger partial charge in [-0.25, -0.2) is 8.96 Å². The fraction of sp³-hybridized carbons (Fsp3) is 0.229. The molecule has 3 heteroatoms. The van der Waals surface area contributed by atoms with E-state index in [1.54, 1.807) is 6.07 Å². The number of rotatable bonds is 4. The summed E-state index contributed by atoms with van der Waals surface area (Å²) in [5.74, 6) is -0.137. The molecule has 1 fully saturated rings. The Kier molecular flexibility index (Phi) is 4.37. The molecule has 0 bridgehead atoms. The van der Waals surface area contributed by atoms with E-state index in [0.717, 1.165) is 53.5 Å². The van der Waals surface area contributed by atoms with Gasteiger partial charge in [0, 0.05) is 21.9 Å². The van der Waals surface area contributed by atoms with Crippen molar-refractivity contribution in [3.63, 3.8) is 0 Å². The summed E-state index contributed by atoms with van der Waals surface area (Å²) in [5, 5.41) is 2.23. The predicted molar refractivity (Wildman–Crippen MR) is 153 cm³/mol. The minimum Gasteiger partial charge on any atom is -0.216 e. The van der Waals surface area contributed by atoms with Gasteiger partial charge in [-0.3, -0.25) is 0 Å². The number of benzene rings is 4. The SMILES string of the molecule is CCC12CCC1(CC)[n+]1c3ccccc3n3c(-c4ccccc4)c(-c4ccccc4)c4cc(F)cc2c4c31. The van der Waals surface area contributed by atoms with Crippen LogP contribution in [-0.4, -0.2) is 4.40 Å². The minimum atomic E-state index is -0.137. The van der Waals surface area contributed by atoms with Crippen molar-refractivity contribution in [2.75, 3.05) is 0 Å². The zero-order valence-electron chi connectivity index (χ0n) is 21.8. The summed E-state index contributed by atoms with van der Waals surface area (Å²) in [6.07, 6.45) is 4.23. The van der Waals surface area contributed by atoms with Crippen LogP contribution in [-0.2, 0) is 11.0 Å². The Morgan fingerprint density at radius 3 is 2.13 bits per heavy atom. The zero-order valence-corrected chi connectivity index (χ0v) is 21.8. The third kappa shape index (κ3) is 2.41. The van der Waals surface area contributed by atoms with Gasteiger partial charge in [0.25, 0.3) is 5.65 Å². The summed E-state index contributed by atoms with van der Waals surface area (Å²) in [6, 6.07) is 33.7. The van der Waals surface area contributed by atoms with Crippen molar-refractivity contribution >= 4 is 27.5 Å². The van der Waals surface area contributed by atoms with Gasteiger partial charge in [-0.2, -0.15) is 4.40 Å². The van der Waals surface area contributed by atoms with Crippen LogP contribution in [0.1, 0.15) is 45.1 Å². The van der Waals surface area contributed by atoms with Gasteiger partial charge in [0.2, 0.25) is 0 Å². The number of imidazole rings is 1. The summed E-state index contributed by atoms with van der Waals surface area (Å²) >= 11 is 0. The number of fused-ring (bicyclic) bond motifs is 6. The first kappa shape index (κ1) is 22.0. The van der Waals surface area contributed by atoms with Crippen LogP contribution in [0.15, 0.2) is 97.1 Å². The van der Waals surface area contributed by atoms with Crippen LogP contribution in [0.3, 0.4) is 0 Å². The first-order chi connectivity index (χ1) is 18.6. The maximum absolute atomic E-state index is 15.8. The molecular weight excluding hydrogens is 467 g/mol. The van der Waals surface area contributed by atoms with Crippen LogP contribution in [0, 0.1) is 5.82 Å². The van der Waals surface area contributed by atoms with Crippen LogP contribution >= 0.6 is 0 Å². The van der Waals surface area contributed by atoms with Crippen molar-refractivity contribution in [2.45, 2.75) is 50.5 Å². The molecule has 0 radical (unpaired) electrons. The Bertz CT molecular complexity index is 1900. The van der Waals surface area contributed by atoms with Gasteiger partial charge >= 0.3 is 0 Å². The van der Waals surface area contributed by atoms with Crippen molar-refractivity contribution in [1.29, 1.82) is 0 Å². The molecule has 4 aromatic carbocycles. The van der Waals surface area contributed by atoms with Crippen molar-refractivity contribution in [3.8, 4) is 22.4 Å². The Balaban J connectivity index is 1.75. The van der Waals surface area contributed by atoms with Crippen LogP contribution in [0.2, 0.25) is 0 Å². The molecule has 2 nitrogen and oxygen atoms in total. The molecule has 6 aromatic rings. The van der Waals surface area contributed by atoms with E-state index in [1.165, 1.54) is 27.6 Å². The lowest BCUT2D eigenvalue weighted by Crippen LogP contribution is -2.74. The molecule has 0 saturated heterocycles. The molecular formula is C35H30FN2+. The number of hydrogen-bond donors (Lipinski definition) is 0. The predicted octanol–water partition coefficient (Wildman–Crippen LogP) is 8.57. The van der Waals surface area contributed by atoms with E-state index in [-0.39, 0.29) is 16.8 Å². The van der Waals surface area contributed by atoms with Gasteiger partial charge in [-0.05, 0) is 61.1 Å². The summed E-state index contributed by atoms with van der Waals surface area (Å²) in [6.45, 7) is 4.63. The van der Waals surface area contributed by atoms with Gasteiger partial charge in [0.1, 0.15) is 17.1 Å². The highest BCUT2D eigenvalue weighted by molar-refractivity contribution is 6.12. The molecule has 2 aliphatic rings. The number of pyridine rings is 1. The smallest absolute Gasteiger partial charge is 0.216 e. The van der Waals surface area contributed by atoms with E-state index in [9.17, 15) is 0 Å². The van der Waals surface area contributed by atoms with Gasteiger partial charge in [-0.15, -0.1) is 0 Å². The van der Waals surface area contributed by atoms with Gasteiger partial charge in [0.15, 0.2) is 11.0 Å². The number of hydrogen-bond acceptors (Lipinski definition) is 0. The Morgan fingerprint density at radius 2 is 1.47 bits per heavy atom. The molecule has 1 aliphatic carbocycles. The molecule has 0 amide bonds. The van der Waals surface area contributed by atoms with E-state index < -0.39 is 0 Å². The molecule has 1 saturated carbocycles. The molecule has 2 unspecified atom stereocenters. The minimum absolute atomic E-state index is 0.0634. The number of para-hydroxylation sites is 2. The maximum atomic E-state index is 15.8. The highest BCUT2D eigenvalue weighted by atomic mass is 19.1. The molecule has 38 heavy (non-hydrogen) atoms. The molecule has 2 aromatic heterocycles. The Hall–Kier alpha value is -3.98. The van der Waals surface area contributed by atoms with Crippen molar-refractivity contribution < 1.29 is 8.96 Å². The molecule has 2 atom stereocenters. The zero-order chi connectivity index (χ0) is 25.6. The third-order valence-electron chi connectivity index (χ3n) is 9.94. The number of aromatic nitrogens is 2. The van der Waals surface area contributed by atoms with Crippen molar-refractivity contribution in [3.05, 3.63) is 108 Å².